The number of aromatic nitrogens is 4. The van der Waals surface area contributed by atoms with E-state index in [-0.39, 0.29) is 0 Å². The van der Waals surface area contributed by atoms with Crippen molar-refractivity contribution in [2.24, 2.45) is 0 Å². The lowest BCUT2D eigenvalue weighted by atomic mass is 9.98. The van der Waals surface area contributed by atoms with Gasteiger partial charge < -0.3 is 9.84 Å². The van der Waals surface area contributed by atoms with Gasteiger partial charge in [0.25, 0.3) is 5.89 Å². The summed E-state index contributed by atoms with van der Waals surface area (Å²) in [6, 6.07) is 8.01. The first-order chi connectivity index (χ1) is 10.4. The van der Waals surface area contributed by atoms with Crippen LogP contribution < -0.4 is 5.32 Å². The second kappa shape index (κ2) is 5.06. The molecule has 0 saturated heterocycles. The Morgan fingerprint density at radius 3 is 2.86 bits per heavy atom. The third kappa shape index (κ3) is 2.30. The SMILES string of the molecule is c1cnc(-c2noc(-c3ccc4c(c3)CNCC4)n2)nc1. The number of hydrogen-bond donors (Lipinski definition) is 1. The Labute approximate surface area is 121 Å². The van der Waals surface area contributed by atoms with Crippen LogP contribution in [0.25, 0.3) is 23.1 Å². The highest BCUT2D eigenvalue weighted by Gasteiger charge is 2.15. The summed E-state index contributed by atoms with van der Waals surface area (Å²) >= 11 is 0. The van der Waals surface area contributed by atoms with Crippen molar-refractivity contribution in [2.45, 2.75) is 13.0 Å². The van der Waals surface area contributed by atoms with Gasteiger partial charge in [0.2, 0.25) is 11.6 Å². The molecular formula is C15H13N5O. The van der Waals surface area contributed by atoms with Crippen molar-refractivity contribution in [1.82, 2.24) is 25.4 Å². The zero-order valence-electron chi connectivity index (χ0n) is 11.3. The molecule has 1 N–H and O–H groups in total. The molecule has 21 heavy (non-hydrogen) atoms. The Hall–Kier alpha value is -2.60. The van der Waals surface area contributed by atoms with Crippen molar-refractivity contribution < 1.29 is 4.52 Å². The maximum absolute atomic E-state index is 5.33. The minimum Gasteiger partial charge on any atom is -0.333 e. The quantitative estimate of drug-likeness (QED) is 0.771. The average Bonchev–Trinajstić information content (AvgIpc) is 3.05. The van der Waals surface area contributed by atoms with Gasteiger partial charge in [-0.2, -0.15) is 4.98 Å². The van der Waals surface area contributed by atoms with Crippen molar-refractivity contribution in [3.63, 3.8) is 0 Å². The van der Waals surface area contributed by atoms with E-state index >= 15 is 0 Å². The Kier molecular flexibility index (Phi) is 2.93. The van der Waals surface area contributed by atoms with Crippen molar-refractivity contribution in [3.8, 4) is 23.1 Å². The monoisotopic (exact) mass is 279 g/mol. The highest BCUT2D eigenvalue weighted by molar-refractivity contribution is 5.58. The van der Waals surface area contributed by atoms with Gasteiger partial charge in [-0.3, -0.25) is 0 Å². The van der Waals surface area contributed by atoms with Gasteiger partial charge in [-0.25, -0.2) is 9.97 Å². The lowest BCUT2D eigenvalue weighted by Crippen LogP contribution is -2.23. The summed E-state index contributed by atoms with van der Waals surface area (Å²) in [5.41, 5.74) is 3.59. The number of nitrogens with one attached hydrogen (secondary N) is 1. The number of benzene rings is 1. The second-order valence-electron chi connectivity index (χ2n) is 4.91. The van der Waals surface area contributed by atoms with E-state index in [4.69, 9.17) is 4.52 Å². The van der Waals surface area contributed by atoms with E-state index in [1.54, 1.807) is 18.5 Å². The molecule has 0 fully saturated rings. The van der Waals surface area contributed by atoms with Crippen LogP contribution in [-0.2, 0) is 13.0 Å². The minimum atomic E-state index is 0.404. The second-order valence-corrected chi connectivity index (χ2v) is 4.91. The molecule has 0 saturated carbocycles. The predicted molar refractivity (Wildman–Crippen MR) is 76.2 cm³/mol. The van der Waals surface area contributed by atoms with E-state index in [9.17, 15) is 0 Å². The minimum absolute atomic E-state index is 0.404. The summed E-state index contributed by atoms with van der Waals surface area (Å²) in [4.78, 5) is 12.6. The van der Waals surface area contributed by atoms with Gasteiger partial charge in [0.1, 0.15) is 0 Å². The van der Waals surface area contributed by atoms with Crippen molar-refractivity contribution in [3.05, 3.63) is 47.8 Å². The molecule has 0 amide bonds. The predicted octanol–water partition coefficient (Wildman–Crippen LogP) is 1.84. The molecule has 1 aliphatic rings. The number of nitrogens with zero attached hydrogens (tertiary/aromatic N) is 4. The van der Waals surface area contributed by atoms with Crippen LogP contribution in [0.1, 0.15) is 11.1 Å². The topological polar surface area (TPSA) is 76.7 Å². The standard InChI is InChI=1S/C15H13N5O/c1-5-17-13(18-6-1)14-19-15(21-20-14)11-3-2-10-4-7-16-9-12(10)8-11/h1-3,5-6,8,16H,4,7,9H2. The third-order valence-electron chi connectivity index (χ3n) is 3.53. The number of rotatable bonds is 2. The van der Waals surface area contributed by atoms with E-state index in [1.807, 2.05) is 6.07 Å². The van der Waals surface area contributed by atoms with Crippen LogP contribution in [0.3, 0.4) is 0 Å². The van der Waals surface area contributed by atoms with Gasteiger partial charge in [0, 0.05) is 24.5 Å². The summed E-state index contributed by atoms with van der Waals surface area (Å²) in [6.07, 6.45) is 4.37. The van der Waals surface area contributed by atoms with Crippen molar-refractivity contribution in [2.75, 3.05) is 6.54 Å². The fourth-order valence-corrected chi connectivity index (χ4v) is 2.46. The number of fused-ring (bicyclic) bond motifs is 1. The molecule has 0 aliphatic carbocycles. The van der Waals surface area contributed by atoms with E-state index in [0.29, 0.717) is 17.5 Å². The smallest absolute Gasteiger partial charge is 0.258 e. The summed E-state index contributed by atoms with van der Waals surface area (Å²) in [5.74, 6) is 1.36. The lowest BCUT2D eigenvalue weighted by molar-refractivity contribution is 0.431. The van der Waals surface area contributed by atoms with E-state index in [0.717, 1.165) is 25.1 Å². The van der Waals surface area contributed by atoms with Crippen LogP contribution in [0, 0.1) is 0 Å². The Morgan fingerprint density at radius 1 is 1.05 bits per heavy atom. The summed E-state index contributed by atoms with van der Waals surface area (Å²) in [6.45, 7) is 1.91. The lowest BCUT2D eigenvalue weighted by Gasteiger charge is -2.16. The van der Waals surface area contributed by atoms with Gasteiger partial charge in [-0.15, -0.1) is 0 Å². The van der Waals surface area contributed by atoms with E-state index in [1.165, 1.54) is 11.1 Å². The Morgan fingerprint density at radius 2 is 1.95 bits per heavy atom. The van der Waals surface area contributed by atoms with E-state index in [2.05, 4.69) is 37.6 Å². The van der Waals surface area contributed by atoms with Crippen LogP contribution >= 0.6 is 0 Å². The molecule has 0 radical (unpaired) electrons. The van der Waals surface area contributed by atoms with Gasteiger partial charge in [-0.05, 0) is 42.3 Å². The van der Waals surface area contributed by atoms with E-state index < -0.39 is 0 Å². The molecule has 0 atom stereocenters. The maximum atomic E-state index is 5.33. The van der Waals surface area contributed by atoms with Gasteiger partial charge >= 0.3 is 0 Å². The molecule has 0 bridgehead atoms. The molecule has 2 aromatic heterocycles. The highest BCUT2D eigenvalue weighted by Crippen LogP contribution is 2.24. The summed E-state index contributed by atoms with van der Waals surface area (Å²) < 4.78 is 5.33. The normalized spacial score (nSPS) is 13.9. The van der Waals surface area contributed by atoms with Crippen LogP contribution in [0.5, 0.6) is 0 Å². The van der Waals surface area contributed by atoms with Crippen LogP contribution in [0.2, 0.25) is 0 Å². The average molecular weight is 279 g/mol. The maximum Gasteiger partial charge on any atom is 0.258 e. The first kappa shape index (κ1) is 12.2. The summed E-state index contributed by atoms with van der Waals surface area (Å²) in [7, 11) is 0. The van der Waals surface area contributed by atoms with Gasteiger partial charge in [0.15, 0.2) is 0 Å². The molecule has 6 nitrogen and oxygen atoms in total. The first-order valence-electron chi connectivity index (χ1n) is 6.84. The number of hydrogen-bond acceptors (Lipinski definition) is 6. The fraction of sp³-hybridized carbons (Fsp3) is 0.200. The molecule has 6 heteroatoms. The molecular weight excluding hydrogens is 266 g/mol. The van der Waals surface area contributed by atoms with Gasteiger partial charge in [-0.1, -0.05) is 11.2 Å². The van der Waals surface area contributed by atoms with Crippen molar-refractivity contribution in [1.29, 1.82) is 0 Å². The molecule has 0 spiro atoms. The fourth-order valence-electron chi connectivity index (χ4n) is 2.46. The summed E-state index contributed by atoms with van der Waals surface area (Å²) in [5, 5.41) is 7.31. The zero-order valence-corrected chi connectivity index (χ0v) is 11.3. The third-order valence-corrected chi connectivity index (χ3v) is 3.53. The van der Waals surface area contributed by atoms with Crippen LogP contribution in [0.4, 0.5) is 0 Å². The molecule has 1 aliphatic heterocycles. The Balaban J connectivity index is 1.70. The molecule has 0 unspecified atom stereocenters. The first-order valence-corrected chi connectivity index (χ1v) is 6.84. The molecule has 3 aromatic rings. The molecule has 3 heterocycles. The van der Waals surface area contributed by atoms with Crippen molar-refractivity contribution >= 4 is 0 Å². The Bertz CT molecular complexity index is 769. The largest absolute Gasteiger partial charge is 0.333 e. The molecule has 4 rings (SSSR count). The molecule has 1 aromatic carbocycles. The van der Waals surface area contributed by atoms with Crippen LogP contribution in [-0.4, -0.2) is 26.7 Å². The van der Waals surface area contributed by atoms with Crippen LogP contribution in [0.15, 0.2) is 41.2 Å². The zero-order chi connectivity index (χ0) is 14.1. The van der Waals surface area contributed by atoms with Gasteiger partial charge in [0.05, 0.1) is 0 Å². The highest BCUT2D eigenvalue weighted by atomic mass is 16.5. The molecule has 104 valence electrons.